The van der Waals surface area contributed by atoms with Crippen molar-refractivity contribution in [1.29, 1.82) is 0 Å². The van der Waals surface area contributed by atoms with E-state index in [4.69, 9.17) is 0 Å². The SMILES string of the molecule is CCCCNC(=O)c1ccccc1NC(=O)c1ccc(N(Cc2ccccc2C)S(C)(=O)=O)cc1. The molecule has 35 heavy (non-hydrogen) atoms. The number of hydrogen-bond donors (Lipinski definition) is 2. The predicted octanol–water partition coefficient (Wildman–Crippen LogP) is 4.74. The second-order valence-corrected chi connectivity index (χ2v) is 10.3. The number of hydrogen-bond acceptors (Lipinski definition) is 4. The van der Waals surface area contributed by atoms with Crippen LogP contribution in [0.1, 0.15) is 51.6 Å². The highest BCUT2D eigenvalue weighted by molar-refractivity contribution is 7.92. The van der Waals surface area contributed by atoms with Crippen molar-refractivity contribution in [2.45, 2.75) is 33.2 Å². The Labute approximate surface area is 207 Å². The van der Waals surface area contributed by atoms with Gasteiger partial charge in [0.25, 0.3) is 11.8 Å². The number of amides is 2. The highest BCUT2D eigenvalue weighted by Gasteiger charge is 2.20. The summed E-state index contributed by atoms with van der Waals surface area (Å²) in [5, 5.41) is 5.65. The lowest BCUT2D eigenvalue weighted by Gasteiger charge is -2.23. The van der Waals surface area contributed by atoms with Gasteiger partial charge in [0.05, 0.1) is 29.7 Å². The second-order valence-electron chi connectivity index (χ2n) is 8.35. The molecule has 7 nitrogen and oxygen atoms in total. The zero-order valence-electron chi connectivity index (χ0n) is 20.2. The maximum absolute atomic E-state index is 12.9. The summed E-state index contributed by atoms with van der Waals surface area (Å²) in [4.78, 5) is 25.4. The van der Waals surface area contributed by atoms with Gasteiger partial charge in [-0.15, -0.1) is 0 Å². The summed E-state index contributed by atoms with van der Waals surface area (Å²) in [5.74, 6) is -0.639. The van der Waals surface area contributed by atoms with Gasteiger partial charge in [-0.05, 0) is 60.9 Å². The summed E-state index contributed by atoms with van der Waals surface area (Å²) in [5.41, 5.74) is 3.49. The zero-order valence-corrected chi connectivity index (χ0v) is 21.1. The Hall–Kier alpha value is -3.65. The van der Waals surface area contributed by atoms with E-state index in [0.29, 0.717) is 29.0 Å². The first-order valence-electron chi connectivity index (χ1n) is 11.5. The highest BCUT2D eigenvalue weighted by Crippen LogP contribution is 2.23. The summed E-state index contributed by atoms with van der Waals surface area (Å²) >= 11 is 0. The van der Waals surface area contributed by atoms with Crippen LogP contribution in [0.4, 0.5) is 11.4 Å². The summed E-state index contributed by atoms with van der Waals surface area (Å²) in [7, 11) is -3.55. The van der Waals surface area contributed by atoms with Gasteiger partial charge in [-0.3, -0.25) is 13.9 Å². The quantitative estimate of drug-likeness (QED) is 0.399. The number of para-hydroxylation sites is 1. The standard InChI is InChI=1S/C27H31N3O4S/c1-4-5-18-28-27(32)24-12-8-9-13-25(24)29-26(31)21-14-16-23(17-15-21)30(35(3,33)34)19-22-11-7-6-10-20(22)2/h6-17H,4-5,18-19H2,1-3H3,(H,28,32)(H,29,31). The van der Waals surface area contributed by atoms with Crippen molar-refractivity contribution in [2.75, 3.05) is 22.4 Å². The lowest BCUT2D eigenvalue weighted by Crippen LogP contribution is -2.29. The molecule has 8 heteroatoms. The third-order valence-electron chi connectivity index (χ3n) is 5.63. The van der Waals surface area contributed by atoms with Crippen LogP contribution in [0, 0.1) is 6.92 Å². The number of sulfonamides is 1. The van der Waals surface area contributed by atoms with Gasteiger partial charge < -0.3 is 10.6 Å². The Morgan fingerprint density at radius 1 is 0.886 bits per heavy atom. The molecule has 0 saturated carbocycles. The van der Waals surface area contributed by atoms with Crippen molar-refractivity contribution in [3.05, 3.63) is 95.1 Å². The maximum Gasteiger partial charge on any atom is 0.255 e. The van der Waals surface area contributed by atoms with Crippen molar-refractivity contribution in [1.82, 2.24) is 5.32 Å². The average molecular weight is 494 g/mol. The molecule has 2 N–H and O–H groups in total. The second kappa shape index (κ2) is 11.7. The topological polar surface area (TPSA) is 95.6 Å². The summed E-state index contributed by atoms with van der Waals surface area (Å²) in [6.07, 6.45) is 3.01. The average Bonchev–Trinajstić information content (AvgIpc) is 2.83. The van der Waals surface area contributed by atoms with E-state index >= 15 is 0 Å². The minimum absolute atomic E-state index is 0.192. The van der Waals surface area contributed by atoms with Crippen molar-refractivity contribution in [3.8, 4) is 0 Å². The van der Waals surface area contributed by atoms with E-state index in [1.54, 1.807) is 48.5 Å². The third kappa shape index (κ3) is 6.93. The third-order valence-corrected chi connectivity index (χ3v) is 6.77. The number of anilines is 2. The maximum atomic E-state index is 12.9. The van der Waals surface area contributed by atoms with Crippen molar-refractivity contribution < 1.29 is 18.0 Å². The molecule has 0 radical (unpaired) electrons. The summed E-state index contributed by atoms with van der Waals surface area (Å²) in [6.45, 7) is 4.74. The van der Waals surface area contributed by atoms with Crippen LogP contribution in [0.2, 0.25) is 0 Å². The number of carbonyl (C=O) groups is 2. The molecule has 3 rings (SSSR count). The Balaban J connectivity index is 1.78. The lowest BCUT2D eigenvalue weighted by molar-refractivity contribution is 0.0954. The fraction of sp³-hybridized carbons (Fsp3) is 0.259. The van der Waals surface area contributed by atoms with Gasteiger partial charge in [0, 0.05) is 12.1 Å². The van der Waals surface area contributed by atoms with Crippen LogP contribution in [-0.2, 0) is 16.6 Å². The number of nitrogens with zero attached hydrogens (tertiary/aromatic N) is 1. The molecule has 0 heterocycles. The molecule has 0 bridgehead atoms. The van der Waals surface area contributed by atoms with E-state index in [0.717, 1.165) is 30.2 Å². The van der Waals surface area contributed by atoms with E-state index in [2.05, 4.69) is 10.6 Å². The molecule has 3 aromatic carbocycles. The first-order chi connectivity index (χ1) is 16.7. The summed E-state index contributed by atoms with van der Waals surface area (Å²) < 4.78 is 26.3. The molecule has 0 atom stereocenters. The monoisotopic (exact) mass is 493 g/mol. The zero-order chi connectivity index (χ0) is 25.4. The van der Waals surface area contributed by atoms with E-state index < -0.39 is 15.9 Å². The van der Waals surface area contributed by atoms with Crippen LogP contribution in [0.15, 0.2) is 72.8 Å². The Bertz CT molecular complexity index is 1290. The predicted molar refractivity (Wildman–Crippen MR) is 140 cm³/mol. The largest absolute Gasteiger partial charge is 0.352 e. The fourth-order valence-electron chi connectivity index (χ4n) is 3.58. The number of carbonyl (C=O) groups excluding carboxylic acids is 2. The number of unbranched alkanes of at least 4 members (excludes halogenated alkanes) is 1. The van der Waals surface area contributed by atoms with Crippen molar-refractivity contribution >= 4 is 33.2 Å². The minimum Gasteiger partial charge on any atom is -0.352 e. The van der Waals surface area contributed by atoms with Gasteiger partial charge in [0.15, 0.2) is 0 Å². The number of aryl methyl sites for hydroxylation is 1. The molecule has 2 amide bonds. The van der Waals surface area contributed by atoms with Gasteiger partial charge in [0.2, 0.25) is 10.0 Å². The van der Waals surface area contributed by atoms with Crippen LogP contribution in [0.5, 0.6) is 0 Å². The smallest absolute Gasteiger partial charge is 0.255 e. The van der Waals surface area contributed by atoms with Gasteiger partial charge >= 0.3 is 0 Å². The van der Waals surface area contributed by atoms with E-state index in [1.807, 2.05) is 38.1 Å². The molecule has 0 unspecified atom stereocenters. The van der Waals surface area contributed by atoms with Crippen LogP contribution in [0.3, 0.4) is 0 Å². The van der Waals surface area contributed by atoms with Gasteiger partial charge in [-0.25, -0.2) is 8.42 Å². The first-order valence-corrected chi connectivity index (χ1v) is 13.4. The molecule has 0 aliphatic rings. The first kappa shape index (κ1) is 26.0. The van der Waals surface area contributed by atoms with E-state index in [-0.39, 0.29) is 12.5 Å². The minimum atomic E-state index is -3.55. The van der Waals surface area contributed by atoms with E-state index in [1.165, 1.54) is 4.31 Å². The van der Waals surface area contributed by atoms with Gasteiger partial charge in [-0.1, -0.05) is 49.7 Å². The highest BCUT2D eigenvalue weighted by atomic mass is 32.2. The van der Waals surface area contributed by atoms with Crippen molar-refractivity contribution in [3.63, 3.8) is 0 Å². The number of rotatable bonds is 10. The number of benzene rings is 3. The summed E-state index contributed by atoms with van der Waals surface area (Å²) in [6, 6.07) is 20.8. The lowest BCUT2D eigenvalue weighted by atomic mass is 10.1. The van der Waals surface area contributed by atoms with Crippen LogP contribution < -0.4 is 14.9 Å². The van der Waals surface area contributed by atoms with Gasteiger partial charge in [0.1, 0.15) is 0 Å². The fourth-order valence-corrected chi connectivity index (χ4v) is 4.46. The van der Waals surface area contributed by atoms with Crippen LogP contribution in [-0.4, -0.2) is 33.0 Å². The molecular weight excluding hydrogens is 462 g/mol. The van der Waals surface area contributed by atoms with Gasteiger partial charge in [-0.2, -0.15) is 0 Å². The molecule has 0 aliphatic carbocycles. The Morgan fingerprint density at radius 3 is 2.20 bits per heavy atom. The molecule has 0 fully saturated rings. The molecule has 0 saturated heterocycles. The Morgan fingerprint density at radius 2 is 1.54 bits per heavy atom. The Kier molecular flexibility index (Phi) is 8.65. The number of nitrogens with one attached hydrogen (secondary N) is 2. The molecular formula is C27H31N3O4S. The van der Waals surface area contributed by atoms with Crippen LogP contribution in [0.25, 0.3) is 0 Å². The van der Waals surface area contributed by atoms with Crippen molar-refractivity contribution in [2.24, 2.45) is 0 Å². The molecule has 184 valence electrons. The molecule has 0 spiro atoms. The van der Waals surface area contributed by atoms with Crippen LogP contribution >= 0.6 is 0 Å². The molecule has 0 aliphatic heterocycles. The van der Waals surface area contributed by atoms with E-state index in [9.17, 15) is 18.0 Å². The molecule has 0 aromatic heterocycles. The normalized spacial score (nSPS) is 11.1. The molecule has 3 aromatic rings.